The van der Waals surface area contributed by atoms with Crippen LogP contribution in [0.4, 0.5) is 10.5 Å². The third-order valence-corrected chi connectivity index (χ3v) is 3.82. The molecule has 0 aromatic heterocycles. The van der Waals surface area contributed by atoms with Crippen LogP contribution in [0.3, 0.4) is 0 Å². The Morgan fingerprint density at radius 3 is 2.58 bits per heavy atom. The van der Waals surface area contributed by atoms with Gasteiger partial charge in [-0.3, -0.25) is 0 Å². The summed E-state index contributed by atoms with van der Waals surface area (Å²) in [5, 5.41) is 5.68. The SMILES string of the molecule is Cc1ccc(NC(=O)NCCOc2ccccc2C(C)C)c(C)c1. The molecule has 0 saturated carbocycles. The van der Waals surface area contributed by atoms with E-state index in [1.807, 2.05) is 50.2 Å². The maximum atomic E-state index is 12.0. The van der Waals surface area contributed by atoms with Gasteiger partial charge in [-0.1, -0.05) is 49.7 Å². The molecule has 2 N–H and O–H groups in total. The van der Waals surface area contributed by atoms with E-state index >= 15 is 0 Å². The Labute approximate surface area is 144 Å². The van der Waals surface area contributed by atoms with Gasteiger partial charge in [0.1, 0.15) is 12.4 Å². The Bertz CT molecular complexity index is 696. The van der Waals surface area contributed by atoms with Crippen LogP contribution in [-0.4, -0.2) is 19.2 Å². The number of hydrogen-bond acceptors (Lipinski definition) is 2. The molecule has 0 atom stereocenters. The summed E-state index contributed by atoms with van der Waals surface area (Å²) >= 11 is 0. The summed E-state index contributed by atoms with van der Waals surface area (Å²) in [6.07, 6.45) is 0. The van der Waals surface area contributed by atoms with Gasteiger partial charge < -0.3 is 15.4 Å². The molecule has 0 aliphatic rings. The second-order valence-electron chi connectivity index (χ2n) is 6.24. The largest absolute Gasteiger partial charge is 0.491 e. The quantitative estimate of drug-likeness (QED) is 0.761. The van der Waals surface area contributed by atoms with E-state index in [0.717, 1.165) is 17.0 Å². The molecule has 24 heavy (non-hydrogen) atoms. The lowest BCUT2D eigenvalue weighted by Gasteiger charge is -2.14. The van der Waals surface area contributed by atoms with Crippen molar-refractivity contribution in [3.8, 4) is 5.75 Å². The highest BCUT2D eigenvalue weighted by Gasteiger charge is 2.07. The lowest BCUT2D eigenvalue weighted by molar-refractivity contribution is 0.247. The van der Waals surface area contributed by atoms with Crippen LogP contribution in [0.2, 0.25) is 0 Å². The molecule has 2 aromatic rings. The van der Waals surface area contributed by atoms with E-state index in [0.29, 0.717) is 19.1 Å². The number of carbonyl (C=O) groups excluding carboxylic acids is 1. The standard InChI is InChI=1S/C20H26N2O2/c1-14(2)17-7-5-6-8-19(17)24-12-11-21-20(23)22-18-10-9-15(3)13-16(18)4/h5-10,13-14H,11-12H2,1-4H3,(H2,21,22,23). The molecule has 2 rings (SSSR count). The summed E-state index contributed by atoms with van der Waals surface area (Å²) in [7, 11) is 0. The molecule has 0 radical (unpaired) electrons. The second-order valence-corrected chi connectivity index (χ2v) is 6.24. The van der Waals surface area contributed by atoms with E-state index in [1.165, 1.54) is 11.1 Å². The summed E-state index contributed by atoms with van der Waals surface area (Å²) in [4.78, 5) is 12.0. The van der Waals surface area contributed by atoms with Gasteiger partial charge in [0.15, 0.2) is 0 Å². The number of nitrogens with one attached hydrogen (secondary N) is 2. The molecule has 0 aliphatic carbocycles. The van der Waals surface area contributed by atoms with Crippen molar-refractivity contribution in [3.63, 3.8) is 0 Å². The first-order chi connectivity index (χ1) is 11.5. The number of carbonyl (C=O) groups is 1. The summed E-state index contributed by atoms with van der Waals surface area (Å²) in [6.45, 7) is 9.17. The van der Waals surface area contributed by atoms with Crippen molar-refractivity contribution in [2.75, 3.05) is 18.5 Å². The topological polar surface area (TPSA) is 50.4 Å². The highest BCUT2D eigenvalue weighted by Crippen LogP contribution is 2.25. The first kappa shape index (κ1) is 17.9. The normalized spacial score (nSPS) is 10.5. The van der Waals surface area contributed by atoms with Crippen molar-refractivity contribution in [3.05, 3.63) is 59.2 Å². The minimum Gasteiger partial charge on any atom is -0.491 e. The van der Waals surface area contributed by atoms with E-state index < -0.39 is 0 Å². The van der Waals surface area contributed by atoms with Crippen LogP contribution < -0.4 is 15.4 Å². The van der Waals surface area contributed by atoms with Gasteiger partial charge >= 0.3 is 6.03 Å². The molecule has 2 aromatic carbocycles. The van der Waals surface area contributed by atoms with Crippen LogP contribution in [0.1, 0.15) is 36.5 Å². The fourth-order valence-corrected chi connectivity index (χ4v) is 2.53. The monoisotopic (exact) mass is 326 g/mol. The molecule has 4 heteroatoms. The van der Waals surface area contributed by atoms with Crippen LogP contribution in [0.5, 0.6) is 5.75 Å². The fourth-order valence-electron chi connectivity index (χ4n) is 2.53. The van der Waals surface area contributed by atoms with E-state index in [4.69, 9.17) is 4.74 Å². The minimum absolute atomic E-state index is 0.220. The van der Waals surface area contributed by atoms with Crippen molar-refractivity contribution < 1.29 is 9.53 Å². The Morgan fingerprint density at radius 1 is 1.12 bits per heavy atom. The predicted molar refractivity (Wildman–Crippen MR) is 99.0 cm³/mol. The van der Waals surface area contributed by atoms with Crippen LogP contribution in [0.25, 0.3) is 0 Å². The highest BCUT2D eigenvalue weighted by molar-refractivity contribution is 5.90. The highest BCUT2D eigenvalue weighted by atomic mass is 16.5. The molecule has 128 valence electrons. The Morgan fingerprint density at radius 2 is 1.88 bits per heavy atom. The van der Waals surface area contributed by atoms with E-state index in [-0.39, 0.29) is 6.03 Å². The molecule has 0 unspecified atom stereocenters. The number of hydrogen-bond donors (Lipinski definition) is 2. The number of benzene rings is 2. The predicted octanol–water partition coefficient (Wildman–Crippen LogP) is 4.63. The van der Waals surface area contributed by atoms with Crippen LogP contribution >= 0.6 is 0 Å². The molecule has 4 nitrogen and oxygen atoms in total. The van der Waals surface area contributed by atoms with Gasteiger partial charge in [0.05, 0.1) is 6.54 Å². The maximum Gasteiger partial charge on any atom is 0.319 e. The Balaban J connectivity index is 1.79. The molecule has 0 heterocycles. The molecule has 0 saturated heterocycles. The molecule has 0 bridgehead atoms. The van der Waals surface area contributed by atoms with Gasteiger partial charge in [-0.05, 0) is 43.0 Å². The number of para-hydroxylation sites is 1. The van der Waals surface area contributed by atoms with Gasteiger partial charge in [0.2, 0.25) is 0 Å². The van der Waals surface area contributed by atoms with Crippen LogP contribution in [0, 0.1) is 13.8 Å². The molecule has 0 fully saturated rings. The fraction of sp³-hybridized carbons (Fsp3) is 0.350. The van der Waals surface area contributed by atoms with Crippen LogP contribution in [0.15, 0.2) is 42.5 Å². The number of urea groups is 1. The summed E-state index contributed by atoms with van der Waals surface area (Å²) < 4.78 is 5.80. The van der Waals surface area contributed by atoms with E-state index in [9.17, 15) is 4.79 Å². The zero-order valence-corrected chi connectivity index (χ0v) is 14.8. The summed E-state index contributed by atoms with van der Waals surface area (Å²) in [5.74, 6) is 1.28. The van der Waals surface area contributed by atoms with Crippen molar-refractivity contribution in [1.29, 1.82) is 0 Å². The second kappa shape index (κ2) is 8.39. The van der Waals surface area contributed by atoms with E-state index in [1.54, 1.807) is 0 Å². The summed E-state index contributed by atoms with van der Waals surface area (Å²) in [6, 6.07) is 13.7. The Kier molecular flexibility index (Phi) is 6.24. The maximum absolute atomic E-state index is 12.0. The lowest BCUT2D eigenvalue weighted by Crippen LogP contribution is -2.32. The van der Waals surface area contributed by atoms with Crippen molar-refractivity contribution in [2.24, 2.45) is 0 Å². The first-order valence-electron chi connectivity index (χ1n) is 8.31. The zero-order valence-electron chi connectivity index (χ0n) is 14.8. The molecular weight excluding hydrogens is 300 g/mol. The summed E-state index contributed by atoms with van der Waals surface area (Å²) in [5.41, 5.74) is 4.23. The number of amides is 2. The Hall–Kier alpha value is -2.49. The third kappa shape index (κ3) is 5.01. The minimum atomic E-state index is -0.220. The number of anilines is 1. The average Bonchev–Trinajstić information content (AvgIpc) is 2.54. The average molecular weight is 326 g/mol. The first-order valence-corrected chi connectivity index (χ1v) is 8.31. The van der Waals surface area contributed by atoms with E-state index in [2.05, 4.69) is 30.5 Å². The molecule has 0 spiro atoms. The van der Waals surface area contributed by atoms with Gasteiger partial charge in [0, 0.05) is 5.69 Å². The van der Waals surface area contributed by atoms with Crippen LogP contribution in [-0.2, 0) is 0 Å². The van der Waals surface area contributed by atoms with Gasteiger partial charge in [-0.15, -0.1) is 0 Å². The van der Waals surface area contributed by atoms with Crippen molar-refractivity contribution in [1.82, 2.24) is 5.32 Å². The lowest BCUT2D eigenvalue weighted by atomic mass is 10.0. The van der Waals surface area contributed by atoms with Gasteiger partial charge in [-0.2, -0.15) is 0 Å². The van der Waals surface area contributed by atoms with Crippen molar-refractivity contribution >= 4 is 11.7 Å². The molecule has 2 amide bonds. The number of rotatable bonds is 6. The van der Waals surface area contributed by atoms with Gasteiger partial charge in [0.25, 0.3) is 0 Å². The number of aryl methyl sites for hydroxylation is 2. The van der Waals surface area contributed by atoms with Gasteiger partial charge in [-0.25, -0.2) is 4.79 Å². The number of ether oxygens (including phenoxy) is 1. The molecule has 0 aliphatic heterocycles. The van der Waals surface area contributed by atoms with Crippen molar-refractivity contribution in [2.45, 2.75) is 33.6 Å². The third-order valence-electron chi connectivity index (χ3n) is 3.82. The molecular formula is C20H26N2O2. The smallest absolute Gasteiger partial charge is 0.319 e. The zero-order chi connectivity index (χ0) is 17.5.